The third-order valence-corrected chi connectivity index (χ3v) is 1.61. The molecule has 1 aliphatic carbocycles. The van der Waals surface area contributed by atoms with Gasteiger partial charge in [0.15, 0.2) is 0 Å². The van der Waals surface area contributed by atoms with Crippen molar-refractivity contribution in [3.63, 3.8) is 0 Å². The molecule has 3 heteroatoms. The normalized spacial score (nSPS) is 20.9. The zero-order chi connectivity index (χ0) is 8.27. The van der Waals surface area contributed by atoms with Gasteiger partial charge in [0.25, 0.3) is 0 Å². The number of aliphatic hydroxyl groups excluding tert-OH is 1. The van der Waals surface area contributed by atoms with Crippen molar-refractivity contribution in [2.24, 2.45) is 5.92 Å². The van der Waals surface area contributed by atoms with E-state index in [1.165, 1.54) is 0 Å². The molecule has 0 bridgehead atoms. The summed E-state index contributed by atoms with van der Waals surface area (Å²) >= 11 is 0. The number of esters is 1. The smallest absolute Gasteiger partial charge is 0.316 e. The van der Waals surface area contributed by atoms with Gasteiger partial charge < -0.3 is 9.84 Å². The van der Waals surface area contributed by atoms with E-state index in [9.17, 15) is 4.79 Å². The van der Waals surface area contributed by atoms with Crippen molar-refractivity contribution in [3.05, 3.63) is 11.6 Å². The highest BCUT2D eigenvalue weighted by Gasteiger charge is 2.32. The summed E-state index contributed by atoms with van der Waals surface area (Å²) < 4.78 is 4.77. The van der Waals surface area contributed by atoms with Crippen LogP contribution in [0.4, 0.5) is 0 Å². The lowest BCUT2D eigenvalue weighted by molar-refractivity contribution is -0.144. The Bertz CT molecular complexity index is 184. The number of rotatable bonds is 4. The van der Waals surface area contributed by atoms with E-state index in [4.69, 9.17) is 9.84 Å². The average Bonchev–Trinajstić information content (AvgIpc) is 2.69. The second-order valence-electron chi connectivity index (χ2n) is 2.44. The molecule has 0 aromatic rings. The highest BCUT2D eigenvalue weighted by atomic mass is 16.5. The van der Waals surface area contributed by atoms with Gasteiger partial charge in [0.1, 0.15) is 0 Å². The van der Waals surface area contributed by atoms with Crippen LogP contribution in [0, 0.1) is 5.92 Å². The molecule has 0 saturated heterocycles. The van der Waals surface area contributed by atoms with Crippen LogP contribution in [0.2, 0.25) is 0 Å². The summed E-state index contributed by atoms with van der Waals surface area (Å²) in [4.78, 5) is 10.9. The maximum atomic E-state index is 10.9. The van der Waals surface area contributed by atoms with Crippen LogP contribution in [-0.2, 0) is 9.53 Å². The summed E-state index contributed by atoms with van der Waals surface area (Å²) in [5.41, 5.74) is 1.01. The minimum Gasteiger partial charge on any atom is -0.465 e. The molecule has 1 aliphatic rings. The van der Waals surface area contributed by atoms with Gasteiger partial charge in [-0.25, -0.2) is 0 Å². The third-order valence-electron chi connectivity index (χ3n) is 1.61. The largest absolute Gasteiger partial charge is 0.465 e. The lowest BCUT2D eigenvalue weighted by Gasteiger charge is -1.99. The second kappa shape index (κ2) is 3.53. The van der Waals surface area contributed by atoms with Crippen molar-refractivity contribution in [1.82, 2.24) is 0 Å². The van der Waals surface area contributed by atoms with Gasteiger partial charge >= 0.3 is 5.97 Å². The van der Waals surface area contributed by atoms with E-state index in [0.29, 0.717) is 13.0 Å². The summed E-state index contributed by atoms with van der Waals surface area (Å²) in [7, 11) is 0. The lowest BCUT2D eigenvalue weighted by atomic mass is 10.2. The summed E-state index contributed by atoms with van der Waals surface area (Å²) in [6, 6.07) is 0. The van der Waals surface area contributed by atoms with E-state index in [0.717, 1.165) is 5.57 Å². The standard InChI is InChI=1S/C8H12O3/c1-2-11-8(10)7-5-6(7)3-4-9/h5,7,9H,2-4H2,1H3. The molecular formula is C8H12O3. The molecule has 1 rings (SSSR count). The molecule has 0 radical (unpaired) electrons. The quantitative estimate of drug-likeness (QED) is 0.476. The van der Waals surface area contributed by atoms with Crippen molar-refractivity contribution >= 4 is 5.97 Å². The molecule has 1 N–H and O–H groups in total. The highest BCUT2D eigenvalue weighted by molar-refractivity contribution is 5.83. The molecule has 0 saturated carbocycles. The fourth-order valence-corrected chi connectivity index (χ4v) is 0.985. The maximum Gasteiger partial charge on any atom is 0.316 e. The second-order valence-corrected chi connectivity index (χ2v) is 2.44. The van der Waals surface area contributed by atoms with Gasteiger partial charge in [-0.2, -0.15) is 0 Å². The fourth-order valence-electron chi connectivity index (χ4n) is 0.985. The molecule has 0 fully saturated rings. The molecule has 3 nitrogen and oxygen atoms in total. The molecule has 11 heavy (non-hydrogen) atoms. The molecule has 1 unspecified atom stereocenters. The van der Waals surface area contributed by atoms with Crippen molar-refractivity contribution in [3.8, 4) is 0 Å². The number of hydrogen-bond donors (Lipinski definition) is 1. The van der Waals surface area contributed by atoms with Gasteiger partial charge in [0, 0.05) is 6.61 Å². The summed E-state index contributed by atoms with van der Waals surface area (Å²) in [6.07, 6.45) is 2.43. The summed E-state index contributed by atoms with van der Waals surface area (Å²) in [5.74, 6) is -0.307. The lowest BCUT2D eigenvalue weighted by Crippen LogP contribution is -2.08. The molecule has 62 valence electrons. The van der Waals surface area contributed by atoms with E-state index in [-0.39, 0.29) is 18.5 Å². The Kier molecular flexibility index (Phi) is 2.65. The molecule has 0 amide bonds. The first-order valence-electron chi connectivity index (χ1n) is 3.77. The molecule has 0 heterocycles. The number of ether oxygens (including phenoxy) is 1. The van der Waals surface area contributed by atoms with E-state index in [2.05, 4.69) is 0 Å². The Labute approximate surface area is 65.7 Å². The van der Waals surface area contributed by atoms with E-state index < -0.39 is 0 Å². The van der Waals surface area contributed by atoms with Gasteiger partial charge in [-0.1, -0.05) is 11.6 Å². The molecule has 0 spiro atoms. The summed E-state index contributed by atoms with van der Waals surface area (Å²) in [6.45, 7) is 2.32. The zero-order valence-corrected chi connectivity index (χ0v) is 6.54. The summed E-state index contributed by atoms with van der Waals surface area (Å²) in [5, 5.41) is 8.51. The fraction of sp³-hybridized carbons (Fsp3) is 0.625. The molecule has 0 aromatic heterocycles. The Morgan fingerprint density at radius 1 is 1.82 bits per heavy atom. The van der Waals surface area contributed by atoms with E-state index in [1.807, 2.05) is 6.08 Å². The van der Waals surface area contributed by atoms with Crippen LogP contribution in [0.15, 0.2) is 11.6 Å². The van der Waals surface area contributed by atoms with Crippen molar-refractivity contribution in [1.29, 1.82) is 0 Å². The van der Waals surface area contributed by atoms with E-state index >= 15 is 0 Å². The molecule has 0 aromatic carbocycles. The maximum absolute atomic E-state index is 10.9. The monoisotopic (exact) mass is 156 g/mol. The first-order chi connectivity index (χ1) is 5.29. The Hall–Kier alpha value is -0.830. The Morgan fingerprint density at radius 2 is 2.55 bits per heavy atom. The molecular weight excluding hydrogens is 144 g/mol. The van der Waals surface area contributed by atoms with Crippen LogP contribution in [0.5, 0.6) is 0 Å². The van der Waals surface area contributed by atoms with Crippen molar-refractivity contribution in [2.45, 2.75) is 13.3 Å². The highest BCUT2D eigenvalue weighted by Crippen LogP contribution is 2.32. The third kappa shape index (κ3) is 2.05. The number of carbonyl (C=O) groups excluding carboxylic acids is 1. The van der Waals surface area contributed by atoms with Crippen molar-refractivity contribution < 1.29 is 14.6 Å². The first kappa shape index (κ1) is 8.27. The number of carbonyl (C=O) groups is 1. The Morgan fingerprint density at radius 3 is 3.09 bits per heavy atom. The SMILES string of the molecule is CCOC(=O)C1C=C1CCO. The van der Waals surface area contributed by atoms with Gasteiger partial charge in [0.2, 0.25) is 0 Å². The molecule has 1 atom stereocenters. The van der Waals surface area contributed by atoms with Crippen LogP contribution in [0.3, 0.4) is 0 Å². The molecule has 0 aliphatic heterocycles. The first-order valence-corrected chi connectivity index (χ1v) is 3.77. The predicted octanol–water partition coefficient (Wildman–Crippen LogP) is 0.488. The Balaban J connectivity index is 2.18. The van der Waals surface area contributed by atoms with Gasteiger partial charge in [-0.15, -0.1) is 0 Å². The minimum absolute atomic E-state index is 0.113. The van der Waals surface area contributed by atoms with Crippen molar-refractivity contribution in [2.75, 3.05) is 13.2 Å². The van der Waals surface area contributed by atoms with Crippen LogP contribution < -0.4 is 0 Å². The van der Waals surface area contributed by atoms with Crippen LogP contribution in [0.25, 0.3) is 0 Å². The number of hydrogen-bond acceptors (Lipinski definition) is 3. The number of aliphatic hydroxyl groups is 1. The van der Waals surface area contributed by atoms with Crippen LogP contribution in [-0.4, -0.2) is 24.3 Å². The van der Waals surface area contributed by atoms with E-state index in [1.54, 1.807) is 6.92 Å². The van der Waals surface area contributed by atoms with Gasteiger partial charge in [-0.3, -0.25) is 4.79 Å². The van der Waals surface area contributed by atoms with Crippen LogP contribution in [0.1, 0.15) is 13.3 Å². The van der Waals surface area contributed by atoms with Gasteiger partial charge in [0.05, 0.1) is 12.5 Å². The topological polar surface area (TPSA) is 46.5 Å². The zero-order valence-electron chi connectivity index (χ0n) is 6.54. The minimum atomic E-state index is -0.184. The van der Waals surface area contributed by atoms with Crippen LogP contribution >= 0.6 is 0 Å². The predicted molar refractivity (Wildman–Crippen MR) is 39.9 cm³/mol. The van der Waals surface area contributed by atoms with Gasteiger partial charge in [-0.05, 0) is 13.3 Å². The average molecular weight is 156 g/mol.